The summed E-state index contributed by atoms with van der Waals surface area (Å²) in [6, 6.07) is 14.4. The van der Waals surface area contributed by atoms with E-state index in [1.807, 2.05) is 24.3 Å². The first-order valence-electron chi connectivity index (χ1n) is 6.20. The minimum absolute atomic E-state index is 0.932. The molecule has 0 unspecified atom stereocenters. The van der Waals surface area contributed by atoms with Gasteiger partial charge in [0.25, 0.3) is 0 Å². The van der Waals surface area contributed by atoms with Crippen LogP contribution < -0.4 is 0 Å². The lowest BCUT2D eigenvalue weighted by Gasteiger charge is -2.07. The second-order valence-electron chi connectivity index (χ2n) is 4.46. The van der Waals surface area contributed by atoms with Gasteiger partial charge in [0.2, 0.25) is 0 Å². The molecular weight excluding hydrogens is 222 g/mol. The highest BCUT2D eigenvalue weighted by molar-refractivity contribution is 5.73. The molecule has 0 saturated carbocycles. The van der Waals surface area contributed by atoms with Crippen molar-refractivity contribution in [3.63, 3.8) is 0 Å². The number of nitrogens with zero attached hydrogens (tertiary/aromatic N) is 3. The zero-order chi connectivity index (χ0) is 12.5. The van der Waals surface area contributed by atoms with E-state index in [9.17, 15) is 0 Å². The van der Waals surface area contributed by atoms with Gasteiger partial charge in [-0.3, -0.25) is 0 Å². The lowest BCUT2D eigenvalue weighted by molar-refractivity contribution is 0.754. The first-order chi connectivity index (χ1) is 8.78. The van der Waals surface area contributed by atoms with Crippen molar-refractivity contribution >= 4 is 11.0 Å². The number of hydrogen-bond acceptors (Lipinski definition) is 2. The van der Waals surface area contributed by atoms with E-state index in [0.29, 0.717) is 0 Å². The molecule has 0 aliphatic carbocycles. The molecule has 0 aliphatic rings. The molecule has 0 aliphatic heterocycles. The Bertz CT molecular complexity index is 665. The molecule has 0 radical (unpaired) electrons. The predicted molar refractivity (Wildman–Crippen MR) is 73.0 cm³/mol. The summed E-state index contributed by atoms with van der Waals surface area (Å²) in [7, 11) is 0. The van der Waals surface area contributed by atoms with Crippen LogP contribution in [-0.2, 0) is 6.42 Å². The number of fused-ring (bicyclic) bond motifs is 1. The SMILES string of the molecule is CCc1ccc(C)cc1-n1nc2ccccc2n1. The molecule has 2 aromatic carbocycles. The van der Waals surface area contributed by atoms with Gasteiger partial charge in [0, 0.05) is 0 Å². The maximum atomic E-state index is 4.54. The summed E-state index contributed by atoms with van der Waals surface area (Å²) >= 11 is 0. The maximum absolute atomic E-state index is 4.54. The van der Waals surface area contributed by atoms with Gasteiger partial charge in [0.15, 0.2) is 0 Å². The number of hydrogen-bond donors (Lipinski definition) is 0. The molecular formula is C15H15N3. The molecule has 18 heavy (non-hydrogen) atoms. The fraction of sp³-hybridized carbons (Fsp3) is 0.200. The van der Waals surface area contributed by atoms with Crippen LogP contribution in [0.5, 0.6) is 0 Å². The van der Waals surface area contributed by atoms with Crippen LogP contribution in [0.4, 0.5) is 0 Å². The van der Waals surface area contributed by atoms with Crippen molar-refractivity contribution in [3.05, 3.63) is 53.6 Å². The summed E-state index contributed by atoms with van der Waals surface area (Å²) < 4.78 is 0. The summed E-state index contributed by atoms with van der Waals surface area (Å²) in [6.45, 7) is 4.24. The van der Waals surface area contributed by atoms with Gasteiger partial charge in [-0.1, -0.05) is 31.2 Å². The maximum Gasteiger partial charge on any atom is 0.113 e. The topological polar surface area (TPSA) is 30.7 Å². The third-order valence-corrected chi connectivity index (χ3v) is 3.12. The molecule has 0 N–H and O–H groups in total. The van der Waals surface area contributed by atoms with Gasteiger partial charge in [-0.05, 0) is 42.7 Å². The number of aromatic nitrogens is 3. The fourth-order valence-corrected chi connectivity index (χ4v) is 2.13. The zero-order valence-electron chi connectivity index (χ0n) is 10.6. The van der Waals surface area contributed by atoms with Crippen molar-refractivity contribution in [2.24, 2.45) is 0 Å². The van der Waals surface area contributed by atoms with Crippen LogP contribution in [0.1, 0.15) is 18.1 Å². The van der Waals surface area contributed by atoms with Crippen LogP contribution in [-0.4, -0.2) is 15.0 Å². The molecule has 0 atom stereocenters. The highest BCUT2D eigenvalue weighted by Crippen LogP contribution is 2.18. The third kappa shape index (κ3) is 1.78. The van der Waals surface area contributed by atoms with Crippen molar-refractivity contribution in [1.82, 2.24) is 15.0 Å². The molecule has 0 saturated heterocycles. The lowest BCUT2D eigenvalue weighted by Crippen LogP contribution is -2.03. The Morgan fingerprint density at radius 3 is 2.28 bits per heavy atom. The first-order valence-corrected chi connectivity index (χ1v) is 6.20. The number of rotatable bonds is 2. The average Bonchev–Trinajstić information content (AvgIpc) is 2.82. The zero-order valence-corrected chi connectivity index (χ0v) is 10.6. The van der Waals surface area contributed by atoms with Gasteiger partial charge in [0.1, 0.15) is 11.0 Å². The van der Waals surface area contributed by atoms with Crippen LogP contribution >= 0.6 is 0 Å². The molecule has 1 aromatic heterocycles. The molecule has 0 bridgehead atoms. The van der Waals surface area contributed by atoms with Crippen molar-refractivity contribution in [2.75, 3.05) is 0 Å². The minimum Gasteiger partial charge on any atom is -0.150 e. The Labute approximate surface area is 106 Å². The second kappa shape index (κ2) is 4.26. The average molecular weight is 237 g/mol. The Hall–Kier alpha value is -2.16. The monoisotopic (exact) mass is 237 g/mol. The number of aryl methyl sites for hydroxylation is 2. The lowest BCUT2D eigenvalue weighted by atomic mass is 10.1. The molecule has 1 heterocycles. The van der Waals surface area contributed by atoms with E-state index < -0.39 is 0 Å². The Morgan fingerprint density at radius 2 is 1.67 bits per heavy atom. The van der Waals surface area contributed by atoms with Gasteiger partial charge < -0.3 is 0 Å². The summed E-state index contributed by atoms with van der Waals surface area (Å²) in [5, 5.41) is 9.08. The number of benzene rings is 2. The van der Waals surface area contributed by atoms with Gasteiger partial charge in [-0.15, -0.1) is 10.2 Å². The van der Waals surface area contributed by atoms with Crippen LogP contribution in [0.3, 0.4) is 0 Å². The molecule has 3 aromatic rings. The minimum atomic E-state index is 0.932. The van der Waals surface area contributed by atoms with Crippen molar-refractivity contribution in [1.29, 1.82) is 0 Å². The van der Waals surface area contributed by atoms with E-state index in [4.69, 9.17) is 0 Å². The summed E-state index contributed by atoms with van der Waals surface area (Å²) in [5.74, 6) is 0. The van der Waals surface area contributed by atoms with E-state index in [-0.39, 0.29) is 0 Å². The van der Waals surface area contributed by atoms with Crippen LogP contribution in [0.2, 0.25) is 0 Å². The molecule has 90 valence electrons. The summed E-state index contributed by atoms with van der Waals surface area (Å²) in [5.41, 5.74) is 5.43. The molecule has 0 spiro atoms. The van der Waals surface area contributed by atoms with Gasteiger partial charge in [0.05, 0.1) is 5.69 Å². The van der Waals surface area contributed by atoms with Gasteiger partial charge in [-0.25, -0.2) is 0 Å². The standard InChI is InChI=1S/C15H15N3/c1-3-12-9-8-11(2)10-15(12)18-16-13-6-4-5-7-14(13)17-18/h4-10H,3H2,1-2H3. The van der Waals surface area contributed by atoms with Crippen molar-refractivity contribution in [2.45, 2.75) is 20.3 Å². The largest absolute Gasteiger partial charge is 0.150 e. The molecule has 3 rings (SSSR count). The molecule has 0 amide bonds. The Balaban J connectivity index is 2.22. The normalized spacial score (nSPS) is 11.0. The van der Waals surface area contributed by atoms with Gasteiger partial charge in [-0.2, -0.15) is 4.80 Å². The fourth-order valence-electron chi connectivity index (χ4n) is 2.13. The Kier molecular flexibility index (Phi) is 2.59. The van der Waals surface area contributed by atoms with E-state index in [0.717, 1.165) is 23.1 Å². The molecule has 0 fully saturated rings. The predicted octanol–water partition coefficient (Wildman–Crippen LogP) is 3.29. The summed E-state index contributed by atoms with van der Waals surface area (Å²) in [6.07, 6.45) is 0.980. The van der Waals surface area contributed by atoms with E-state index >= 15 is 0 Å². The first kappa shape index (κ1) is 11.0. The van der Waals surface area contributed by atoms with Crippen LogP contribution in [0.25, 0.3) is 16.7 Å². The third-order valence-electron chi connectivity index (χ3n) is 3.12. The van der Waals surface area contributed by atoms with Crippen LogP contribution in [0, 0.1) is 6.92 Å². The molecule has 3 nitrogen and oxygen atoms in total. The quantitative estimate of drug-likeness (QED) is 0.684. The Morgan fingerprint density at radius 1 is 1.00 bits per heavy atom. The van der Waals surface area contributed by atoms with Crippen molar-refractivity contribution in [3.8, 4) is 5.69 Å². The smallest absolute Gasteiger partial charge is 0.113 e. The highest BCUT2D eigenvalue weighted by Gasteiger charge is 2.07. The second-order valence-corrected chi connectivity index (χ2v) is 4.46. The van der Waals surface area contributed by atoms with E-state index in [1.54, 1.807) is 4.80 Å². The van der Waals surface area contributed by atoms with E-state index in [1.165, 1.54) is 11.1 Å². The highest BCUT2D eigenvalue weighted by atomic mass is 15.5. The van der Waals surface area contributed by atoms with E-state index in [2.05, 4.69) is 42.2 Å². The van der Waals surface area contributed by atoms with Gasteiger partial charge >= 0.3 is 0 Å². The van der Waals surface area contributed by atoms with Crippen LogP contribution in [0.15, 0.2) is 42.5 Å². The molecule has 3 heteroatoms. The van der Waals surface area contributed by atoms with Crippen molar-refractivity contribution < 1.29 is 0 Å². The summed E-state index contributed by atoms with van der Waals surface area (Å²) in [4.78, 5) is 1.75.